The Bertz CT molecular complexity index is 529. The predicted octanol–water partition coefficient (Wildman–Crippen LogP) is 2.33. The molecule has 20 heavy (non-hydrogen) atoms. The van der Waals surface area contributed by atoms with Gasteiger partial charge in [-0.2, -0.15) is 0 Å². The lowest BCUT2D eigenvalue weighted by atomic mass is 9.87. The van der Waals surface area contributed by atoms with E-state index >= 15 is 0 Å². The van der Waals surface area contributed by atoms with Crippen LogP contribution in [0.5, 0.6) is 0 Å². The SMILES string of the molecule is Cc1oc(CO)cc1S(=O)(=O)NCCC1CCCCC1. The van der Waals surface area contributed by atoms with Gasteiger partial charge in [-0.05, 0) is 19.3 Å². The highest BCUT2D eigenvalue weighted by molar-refractivity contribution is 7.89. The average molecular weight is 301 g/mol. The normalized spacial score (nSPS) is 17.5. The van der Waals surface area contributed by atoms with Gasteiger partial charge in [-0.15, -0.1) is 0 Å². The molecule has 0 bridgehead atoms. The lowest BCUT2D eigenvalue weighted by Crippen LogP contribution is -2.26. The number of nitrogens with one attached hydrogen (secondary N) is 1. The molecule has 2 rings (SSSR count). The van der Waals surface area contributed by atoms with E-state index in [1.165, 1.54) is 38.2 Å². The molecule has 0 spiro atoms. The highest BCUT2D eigenvalue weighted by atomic mass is 32.2. The molecule has 0 amide bonds. The minimum atomic E-state index is -3.54. The first kappa shape index (κ1) is 15.5. The molecule has 0 aliphatic heterocycles. The van der Waals surface area contributed by atoms with Crippen LogP contribution in [-0.4, -0.2) is 20.1 Å². The van der Waals surface area contributed by atoms with Crippen LogP contribution < -0.4 is 4.72 Å². The van der Waals surface area contributed by atoms with Crippen molar-refractivity contribution in [1.29, 1.82) is 0 Å². The summed E-state index contributed by atoms with van der Waals surface area (Å²) in [4.78, 5) is 0.130. The van der Waals surface area contributed by atoms with Gasteiger partial charge in [-0.25, -0.2) is 13.1 Å². The predicted molar refractivity (Wildman–Crippen MR) is 75.7 cm³/mol. The van der Waals surface area contributed by atoms with Crippen molar-refractivity contribution in [3.63, 3.8) is 0 Å². The van der Waals surface area contributed by atoms with Crippen molar-refractivity contribution in [3.8, 4) is 0 Å². The lowest BCUT2D eigenvalue weighted by Gasteiger charge is -2.21. The summed E-state index contributed by atoms with van der Waals surface area (Å²) in [6.07, 6.45) is 7.14. The van der Waals surface area contributed by atoms with Gasteiger partial charge in [0.05, 0.1) is 0 Å². The number of rotatable bonds is 6. The molecule has 1 saturated carbocycles. The van der Waals surface area contributed by atoms with Crippen LogP contribution >= 0.6 is 0 Å². The van der Waals surface area contributed by atoms with Crippen molar-refractivity contribution in [2.75, 3.05) is 6.54 Å². The van der Waals surface area contributed by atoms with Gasteiger partial charge in [-0.1, -0.05) is 32.1 Å². The van der Waals surface area contributed by atoms with Gasteiger partial charge >= 0.3 is 0 Å². The van der Waals surface area contributed by atoms with Gasteiger partial charge in [0.1, 0.15) is 23.0 Å². The summed E-state index contributed by atoms with van der Waals surface area (Å²) in [6.45, 7) is 1.76. The molecule has 1 aromatic heterocycles. The molecule has 1 fully saturated rings. The molecule has 1 aromatic rings. The average Bonchev–Trinajstić information content (AvgIpc) is 2.82. The van der Waals surface area contributed by atoms with Crippen LogP contribution in [0.3, 0.4) is 0 Å². The van der Waals surface area contributed by atoms with E-state index in [1.807, 2.05) is 0 Å². The van der Waals surface area contributed by atoms with E-state index in [-0.39, 0.29) is 17.3 Å². The molecule has 6 heteroatoms. The Morgan fingerprint density at radius 2 is 2.05 bits per heavy atom. The van der Waals surface area contributed by atoms with E-state index in [0.717, 1.165) is 6.42 Å². The van der Waals surface area contributed by atoms with Gasteiger partial charge in [0.2, 0.25) is 10.0 Å². The first-order valence-electron chi connectivity index (χ1n) is 7.23. The summed E-state index contributed by atoms with van der Waals surface area (Å²) in [6, 6.07) is 1.39. The molecule has 0 radical (unpaired) electrons. The van der Waals surface area contributed by atoms with Gasteiger partial charge in [0, 0.05) is 12.6 Å². The van der Waals surface area contributed by atoms with Crippen LogP contribution in [0.15, 0.2) is 15.4 Å². The molecule has 0 aromatic carbocycles. The van der Waals surface area contributed by atoms with Gasteiger partial charge in [-0.3, -0.25) is 0 Å². The fourth-order valence-corrected chi connectivity index (χ4v) is 4.07. The molecular weight excluding hydrogens is 278 g/mol. The zero-order chi connectivity index (χ0) is 14.6. The van der Waals surface area contributed by atoms with E-state index in [0.29, 0.717) is 18.2 Å². The maximum absolute atomic E-state index is 12.2. The molecule has 0 unspecified atom stereocenters. The molecule has 1 aliphatic carbocycles. The second-order valence-electron chi connectivity index (χ2n) is 5.48. The van der Waals surface area contributed by atoms with E-state index < -0.39 is 10.0 Å². The zero-order valence-corrected chi connectivity index (χ0v) is 12.7. The quantitative estimate of drug-likeness (QED) is 0.845. The largest absolute Gasteiger partial charge is 0.462 e. The number of hydrogen-bond donors (Lipinski definition) is 2. The Kier molecular flexibility index (Phi) is 5.23. The molecule has 1 heterocycles. The summed E-state index contributed by atoms with van der Waals surface area (Å²) >= 11 is 0. The van der Waals surface area contributed by atoms with Crippen LogP contribution in [0.2, 0.25) is 0 Å². The Morgan fingerprint density at radius 3 is 2.65 bits per heavy atom. The maximum Gasteiger partial charge on any atom is 0.244 e. The third-order valence-corrected chi connectivity index (χ3v) is 5.51. The lowest BCUT2D eigenvalue weighted by molar-refractivity contribution is 0.244. The number of hydrogen-bond acceptors (Lipinski definition) is 4. The fraction of sp³-hybridized carbons (Fsp3) is 0.714. The number of sulfonamides is 1. The number of aryl methyl sites for hydroxylation is 1. The minimum Gasteiger partial charge on any atom is -0.462 e. The fourth-order valence-electron chi connectivity index (χ4n) is 2.82. The molecule has 2 N–H and O–H groups in total. The van der Waals surface area contributed by atoms with Crippen LogP contribution in [0.4, 0.5) is 0 Å². The Hall–Kier alpha value is -0.850. The number of aliphatic hydroxyl groups is 1. The van der Waals surface area contributed by atoms with Gasteiger partial charge in [0.15, 0.2) is 0 Å². The molecule has 5 nitrogen and oxygen atoms in total. The van der Waals surface area contributed by atoms with E-state index in [4.69, 9.17) is 9.52 Å². The molecule has 0 atom stereocenters. The Morgan fingerprint density at radius 1 is 1.35 bits per heavy atom. The van der Waals surface area contributed by atoms with E-state index in [1.54, 1.807) is 6.92 Å². The van der Waals surface area contributed by atoms with Crippen molar-refractivity contribution >= 4 is 10.0 Å². The van der Waals surface area contributed by atoms with Crippen molar-refractivity contribution in [1.82, 2.24) is 4.72 Å². The van der Waals surface area contributed by atoms with Crippen LogP contribution in [0, 0.1) is 12.8 Å². The third-order valence-electron chi connectivity index (χ3n) is 3.94. The highest BCUT2D eigenvalue weighted by Crippen LogP contribution is 2.26. The molecule has 0 saturated heterocycles. The minimum absolute atomic E-state index is 0.130. The number of furan rings is 1. The highest BCUT2D eigenvalue weighted by Gasteiger charge is 2.21. The Labute approximate surface area is 120 Å². The molecular formula is C14H23NO4S. The van der Waals surface area contributed by atoms with Gasteiger partial charge < -0.3 is 9.52 Å². The first-order chi connectivity index (χ1) is 9.53. The smallest absolute Gasteiger partial charge is 0.244 e. The van der Waals surface area contributed by atoms with E-state index in [2.05, 4.69) is 4.72 Å². The summed E-state index contributed by atoms with van der Waals surface area (Å²) in [7, 11) is -3.54. The van der Waals surface area contributed by atoms with Crippen LogP contribution in [0.25, 0.3) is 0 Å². The van der Waals surface area contributed by atoms with Crippen molar-refractivity contribution < 1.29 is 17.9 Å². The van der Waals surface area contributed by atoms with Crippen molar-refractivity contribution in [2.24, 2.45) is 5.92 Å². The van der Waals surface area contributed by atoms with Gasteiger partial charge in [0.25, 0.3) is 0 Å². The molecule has 1 aliphatic rings. The van der Waals surface area contributed by atoms with Crippen LogP contribution in [0.1, 0.15) is 50.0 Å². The third kappa shape index (κ3) is 3.84. The Balaban J connectivity index is 1.91. The second kappa shape index (κ2) is 6.74. The summed E-state index contributed by atoms with van der Waals surface area (Å²) in [5.41, 5.74) is 0. The zero-order valence-electron chi connectivity index (χ0n) is 11.9. The summed E-state index contributed by atoms with van der Waals surface area (Å²) < 4.78 is 32.2. The van der Waals surface area contributed by atoms with Crippen molar-refractivity contribution in [3.05, 3.63) is 17.6 Å². The van der Waals surface area contributed by atoms with Crippen LogP contribution in [-0.2, 0) is 16.6 Å². The topological polar surface area (TPSA) is 79.5 Å². The number of aliphatic hydroxyl groups excluding tert-OH is 1. The monoisotopic (exact) mass is 301 g/mol. The second-order valence-corrected chi connectivity index (χ2v) is 7.22. The summed E-state index contributed by atoms with van der Waals surface area (Å²) in [5, 5.41) is 8.98. The summed E-state index contributed by atoms with van der Waals surface area (Å²) in [5.74, 6) is 1.24. The maximum atomic E-state index is 12.2. The van der Waals surface area contributed by atoms with E-state index in [9.17, 15) is 8.42 Å². The van der Waals surface area contributed by atoms with Crippen molar-refractivity contribution in [2.45, 2.75) is 57.0 Å². The molecule has 114 valence electrons. The standard InChI is InChI=1S/C14H23NO4S/c1-11-14(9-13(10-16)19-11)20(17,18)15-8-7-12-5-3-2-4-6-12/h9,12,15-16H,2-8,10H2,1H3. The first-order valence-corrected chi connectivity index (χ1v) is 8.71.